The van der Waals surface area contributed by atoms with Gasteiger partial charge in [-0.1, -0.05) is 31.0 Å². The Morgan fingerprint density at radius 2 is 1.57 bits per heavy atom. The van der Waals surface area contributed by atoms with E-state index < -0.39 is 17.6 Å². The van der Waals surface area contributed by atoms with Gasteiger partial charge in [-0.05, 0) is 49.2 Å². The molecule has 1 aromatic heterocycles. The molecule has 10 heteroatoms. The Hall–Kier alpha value is -3.40. The van der Waals surface area contributed by atoms with E-state index in [4.69, 9.17) is 4.74 Å². The van der Waals surface area contributed by atoms with Crippen LogP contribution in [0.25, 0.3) is 0 Å². The first-order chi connectivity index (χ1) is 16.8. The third kappa shape index (κ3) is 6.60. The second-order valence-corrected chi connectivity index (χ2v) is 9.19. The van der Waals surface area contributed by atoms with Crippen LogP contribution in [0.2, 0.25) is 0 Å². The highest BCUT2D eigenvalue weighted by molar-refractivity contribution is 7.09. The van der Waals surface area contributed by atoms with Crippen LogP contribution in [0.3, 0.4) is 0 Å². The number of rotatable bonds is 7. The Kier molecular flexibility index (Phi) is 7.70. The molecule has 1 aliphatic rings. The van der Waals surface area contributed by atoms with E-state index in [9.17, 15) is 22.8 Å². The summed E-state index contributed by atoms with van der Waals surface area (Å²) in [7, 11) is 0. The van der Waals surface area contributed by atoms with Crippen LogP contribution >= 0.6 is 11.3 Å². The number of alkyl halides is 3. The van der Waals surface area contributed by atoms with Gasteiger partial charge >= 0.3 is 6.18 Å². The van der Waals surface area contributed by atoms with Gasteiger partial charge in [0.25, 0.3) is 11.8 Å². The lowest BCUT2D eigenvalue weighted by Gasteiger charge is -2.32. The van der Waals surface area contributed by atoms with Crippen molar-refractivity contribution < 1.29 is 27.5 Å². The Balaban J connectivity index is 1.34. The summed E-state index contributed by atoms with van der Waals surface area (Å²) in [5, 5.41) is 8.16. The van der Waals surface area contributed by atoms with Crippen LogP contribution in [0.4, 0.5) is 13.2 Å². The molecule has 6 nitrogen and oxygen atoms in total. The van der Waals surface area contributed by atoms with Crippen molar-refractivity contribution in [1.29, 1.82) is 0 Å². The minimum absolute atomic E-state index is 0.135. The van der Waals surface area contributed by atoms with Crippen LogP contribution in [0, 0.1) is 0 Å². The number of amides is 2. The van der Waals surface area contributed by atoms with Gasteiger partial charge < -0.3 is 15.4 Å². The molecule has 1 saturated carbocycles. The van der Waals surface area contributed by atoms with Crippen LogP contribution in [0.5, 0.6) is 5.75 Å². The molecular formula is C25H24F3N3O3S. The van der Waals surface area contributed by atoms with Gasteiger partial charge in [0, 0.05) is 23.0 Å². The number of thiazole rings is 1. The normalized spacial score (nSPS) is 18.0. The van der Waals surface area contributed by atoms with Crippen molar-refractivity contribution in [2.24, 2.45) is 0 Å². The number of hydrogen-bond donors (Lipinski definition) is 2. The van der Waals surface area contributed by atoms with Crippen LogP contribution in [0.15, 0.2) is 60.0 Å². The van der Waals surface area contributed by atoms with Crippen molar-refractivity contribution in [2.45, 2.75) is 50.6 Å². The van der Waals surface area contributed by atoms with Crippen molar-refractivity contribution in [3.63, 3.8) is 0 Å². The number of hydrogen-bond acceptors (Lipinski definition) is 5. The zero-order valence-corrected chi connectivity index (χ0v) is 19.5. The van der Waals surface area contributed by atoms with Gasteiger partial charge in [0.15, 0.2) is 0 Å². The van der Waals surface area contributed by atoms with Gasteiger partial charge in [-0.2, -0.15) is 13.2 Å². The minimum Gasteiger partial charge on any atom is -0.486 e. The number of halogens is 3. The molecule has 0 bridgehead atoms. The van der Waals surface area contributed by atoms with Crippen molar-refractivity contribution in [3.05, 3.63) is 81.8 Å². The number of aromatic nitrogens is 1. The Bertz CT molecular complexity index is 1150. The molecule has 0 spiro atoms. The maximum atomic E-state index is 12.8. The lowest BCUT2D eigenvalue weighted by molar-refractivity contribution is -0.137. The highest BCUT2D eigenvalue weighted by Crippen LogP contribution is 2.29. The molecular weight excluding hydrogens is 479 g/mol. The number of ether oxygens (including phenoxy) is 1. The fourth-order valence-electron chi connectivity index (χ4n) is 3.92. The van der Waals surface area contributed by atoms with E-state index in [1.54, 1.807) is 5.38 Å². The number of carbonyl (C=O) groups excluding carboxylic acids is 2. The van der Waals surface area contributed by atoms with Crippen LogP contribution in [-0.2, 0) is 12.8 Å². The summed E-state index contributed by atoms with van der Waals surface area (Å²) in [6.45, 7) is 0.247. The predicted octanol–water partition coefficient (Wildman–Crippen LogP) is 5.21. The summed E-state index contributed by atoms with van der Waals surface area (Å²) in [6.07, 6.45) is -1.35. The predicted molar refractivity (Wildman–Crippen MR) is 125 cm³/mol. The van der Waals surface area contributed by atoms with Crippen molar-refractivity contribution in [1.82, 2.24) is 15.6 Å². The lowest BCUT2D eigenvalue weighted by atomic mass is 9.90. The molecule has 0 unspecified atom stereocenters. The van der Waals surface area contributed by atoms with Gasteiger partial charge in [0.1, 0.15) is 23.1 Å². The van der Waals surface area contributed by atoms with Gasteiger partial charge in [0.05, 0.1) is 5.56 Å². The number of nitrogens with zero attached hydrogens (tertiary/aromatic N) is 1. The summed E-state index contributed by atoms with van der Waals surface area (Å²) < 4.78 is 44.0. The largest absolute Gasteiger partial charge is 0.486 e. The zero-order valence-electron chi connectivity index (χ0n) is 18.7. The maximum absolute atomic E-state index is 12.8. The molecule has 0 saturated heterocycles. The quantitative estimate of drug-likeness (QED) is 0.464. The molecule has 1 aliphatic carbocycles. The first-order valence-corrected chi connectivity index (χ1v) is 12.1. The van der Waals surface area contributed by atoms with Crippen LogP contribution in [-0.4, -0.2) is 28.9 Å². The van der Waals surface area contributed by atoms with Crippen LogP contribution < -0.4 is 15.4 Å². The third-order valence-corrected chi connectivity index (χ3v) is 6.59. The summed E-state index contributed by atoms with van der Waals surface area (Å²) in [6, 6.07) is 12.7. The van der Waals surface area contributed by atoms with Crippen molar-refractivity contribution in [2.75, 3.05) is 0 Å². The van der Waals surface area contributed by atoms with E-state index in [0.29, 0.717) is 23.6 Å². The number of nitrogens with one attached hydrogen (secondary N) is 2. The number of benzene rings is 2. The molecule has 2 atom stereocenters. The van der Waals surface area contributed by atoms with Gasteiger partial charge in [0.2, 0.25) is 0 Å². The summed E-state index contributed by atoms with van der Waals surface area (Å²) in [5.41, 5.74) is -0.398. The summed E-state index contributed by atoms with van der Waals surface area (Å²) in [5.74, 6) is -0.102. The Morgan fingerprint density at radius 1 is 0.943 bits per heavy atom. The molecule has 0 radical (unpaired) electrons. The molecule has 184 valence electrons. The highest BCUT2D eigenvalue weighted by atomic mass is 32.1. The molecule has 1 fully saturated rings. The molecule has 3 aromatic rings. The summed E-state index contributed by atoms with van der Waals surface area (Å²) in [4.78, 5) is 29.8. The van der Waals surface area contributed by atoms with Crippen LogP contribution in [0.1, 0.15) is 57.1 Å². The molecule has 2 N–H and O–H groups in total. The van der Waals surface area contributed by atoms with Crippen molar-refractivity contribution in [3.8, 4) is 5.75 Å². The zero-order chi connectivity index (χ0) is 24.8. The fraction of sp³-hybridized carbons (Fsp3) is 0.320. The molecule has 1 heterocycles. The minimum atomic E-state index is -4.46. The molecule has 2 aromatic carbocycles. The maximum Gasteiger partial charge on any atom is 0.416 e. The average Bonchev–Trinajstić information content (AvgIpc) is 3.33. The first kappa shape index (κ1) is 24.7. The van der Waals surface area contributed by atoms with E-state index in [1.807, 2.05) is 30.3 Å². The second kappa shape index (κ2) is 10.9. The first-order valence-electron chi connectivity index (χ1n) is 11.2. The van der Waals surface area contributed by atoms with E-state index in [2.05, 4.69) is 15.6 Å². The summed E-state index contributed by atoms with van der Waals surface area (Å²) >= 11 is 1.32. The van der Waals surface area contributed by atoms with Crippen molar-refractivity contribution >= 4 is 23.2 Å². The van der Waals surface area contributed by atoms with Gasteiger partial charge in [-0.25, -0.2) is 4.98 Å². The van der Waals surface area contributed by atoms with E-state index in [-0.39, 0.29) is 35.9 Å². The van der Waals surface area contributed by atoms with E-state index >= 15 is 0 Å². The monoisotopic (exact) mass is 503 g/mol. The standard InChI is InChI=1S/C25H24F3N3O3S/c26-25(27,28)17-12-10-16(11-13-17)23(32)30-19-8-4-5-9-20(19)31-24(33)21-15-35-22(29-21)14-34-18-6-2-1-3-7-18/h1-3,6-7,10-13,15,19-20H,4-5,8-9,14H2,(H,30,32)(H,31,33)/t19-,20+/m0/s1. The second-order valence-electron chi connectivity index (χ2n) is 8.25. The van der Waals surface area contributed by atoms with E-state index in [0.717, 1.165) is 37.1 Å². The third-order valence-electron chi connectivity index (χ3n) is 5.76. The highest BCUT2D eigenvalue weighted by Gasteiger charge is 2.31. The molecule has 35 heavy (non-hydrogen) atoms. The van der Waals surface area contributed by atoms with Gasteiger partial charge in [-0.15, -0.1) is 11.3 Å². The number of para-hydroxylation sites is 1. The molecule has 0 aliphatic heterocycles. The Morgan fingerprint density at radius 3 is 2.20 bits per heavy atom. The molecule has 2 amide bonds. The lowest BCUT2D eigenvalue weighted by Crippen LogP contribution is -2.53. The Labute approximate surface area is 204 Å². The topological polar surface area (TPSA) is 80.3 Å². The fourth-order valence-corrected chi connectivity index (χ4v) is 4.61. The van der Waals surface area contributed by atoms with Gasteiger partial charge in [-0.3, -0.25) is 9.59 Å². The van der Waals surface area contributed by atoms with E-state index in [1.165, 1.54) is 11.3 Å². The average molecular weight is 504 g/mol. The number of carbonyl (C=O) groups is 2. The smallest absolute Gasteiger partial charge is 0.416 e. The molecule has 4 rings (SSSR count). The SMILES string of the molecule is O=C(N[C@H]1CCCC[C@H]1NC(=O)c1csc(COc2ccccc2)n1)c1ccc(C(F)(F)F)cc1.